The molecule has 1 aromatic rings. The van der Waals surface area contributed by atoms with Crippen molar-refractivity contribution in [2.75, 3.05) is 0 Å². The summed E-state index contributed by atoms with van der Waals surface area (Å²) in [5.74, 6) is -0.951. The molecule has 2 heterocycles. The SMILES string of the molecule is CC1=CC2OC3(C(=O)c4ccccc4C3=O)C(C=O)=CN2C=C1. The van der Waals surface area contributed by atoms with Crippen LogP contribution >= 0.6 is 0 Å². The molecule has 0 amide bonds. The van der Waals surface area contributed by atoms with Gasteiger partial charge in [0.05, 0.1) is 5.57 Å². The molecule has 0 aromatic heterocycles. The summed E-state index contributed by atoms with van der Waals surface area (Å²) < 4.78 is 5.92. The number of ketones is 2. The molecule has 23 heavy (non-hydrogen) atoms. The lowest BCUT2D eigenvalue weighted by atomic mass is 9.87. The highest BCUT2D eigenvalue weighted by molar-refractivity contribution is 6.35. The largest absolute Gasteiger partial charge is 0.326 e. The van der Waals surface area contributed by atoms with Crippen LogP contribution in [-0.2, 0) is 9.53 Å². The summed E-state index contributed by atoms with van der Waals surface area (Å²) >= 11 is 0. The first-order valence-electron chi connectivity index (χ1n) is 7.26. The van der Waals surface area contributed by atoms with E-state index in [1.807, 2.05) is 19.1 Å². The number of carbonyl (C=O) groups excluding carboxylic acids is 3. The van der Waals surface area contributed by atoms with Crippen LogP contribution in [0.1, 0.15) is 27.6 Å². The number of fused-ring (bicyclic) bond motifs is 2. The van der Waals surface area contributed by atoms with E-state index in [9.17, 15) is 14.4 Å². The lowest BCUT2D eigenvalue weighted by Gasteiger charge is -2.40. The van der Waals surface area contributed by atoms with Crippen molar-refractivity contribution >= 4 is 17.9 Å². The monoisotopic (exact) mass is 307 g/mol. The molecular weight excluding hydrogens is 294 g/mol. The third kappa shape index (κ3) is 1.68. The molecule has 5 nitrogen and oxygen atoms in total. The van der Waals surface area contributed by atoms with Gasteiger partial charge in [0.25, 0.3) is 0 Å². The van der Waals surface area contributed by atoms with Gasteiger partial charge < -0.3 is 9.64 Å². The van der Waals surface area contributed by atoms with E-state index >= 15 is 0 Å². The standard InChI is InChI=1S/C18H13NO4/c1-11-6-7-19-9-12(10-20)18(23-15(19)8-11)16(21)13-4-2-3-5-14(13)17(18)22/h2-10,15H,1H3. The van der Waals surface area contributed by atoms with Crippen molar-refractivity contribution in [2.45, 2.75) is 18.8 Å². The highest BCUT2D eigenvalue weighted by Crippen LogP contribution is 2.42. The number of Topliss-reactive ketones (excluding diaryl/α,β-unsaturated/α-hetero) is 2. The Morgan fingerprint density at radius 3 is 2.43 bits per heavy atom. The molecule has 1 aromatic carbocycles. The van der Waals surface area contributed by atoms with Crippen LogP contribution in [0.5, 0.6) is 0 Å². The minimum absolute atomic E-state index is 0.0255. The summed E-state index contributed by atoms with van der Waals surface area (Å²) in [6, 6.07) is 6.56. The van der Waals surface area contributed by atoms with Crippen molar-refractivity contribution < 1.29 is 19.1 Å². The van der Waals surface area contributed by atoms with E-state index in [0.717, 1.165) is 5.57 Å². The van der Waals surface area contributed by atoms with Gasteiger partial charge in [-0.15, -0.1) is 0 Å². The molecule has 1 aliphatic carbocycles. The zero-order chi connectivity index (χ0) is 16.2. The van der Waals surface area contributed by atoms with Gasteiger partial charge >= 0.3 is 0 Å². The summed E-state index contributed by atoms with van der Waals surface area (Å²) in [4.78, 5) is 39.1. The number of rotatable bonds is 1. The molecule has 0 saturated heterocycles. The Bertz CT molecular complexity index is 811. The molecule has 1 atom stereocenters. The van der Waals surface area contributed by atoms with Crippen molar-refractivity contribution in [3.8, 4) is 0 Å². The maximum Gasteiger partial charge on any atom is 0.225 e. The van der Waals surface area contributed by atoms with E-state index in [-0.39, 0.29) is 5.57 Å². The molecule has 0 radical (unpaired) electrons. The van der Waals surface area contributed by atoms with Crippen LogP contribution in [0.3, 0.4) is 0 Å². The highest BCUT2D eigenvalue weighted by atomic mass is 16.5. The second kappa shape index (κ2) is 4.60. The summed E-state index contributed by atoms with van der Waals surface area (Å²) in [5, 5.41) is 0. The minimum Gasteiger partial charge on any atom is -0.326 e. The van der Waals surface area contributed by atoms with Gasteiger partial charge in [-0.3, -0.25) is 14.4 Å². The van der Waals surface area contributed by atoms with Crippen molar-refractivity contribution in [3.05, 3.63) is 71.1 Å². The van der Waals surface area contributed by atoms with Crippen LogP contribution in [0, 0.1) is 0 Å². The van der Waals surface area contributed by atoms with Gasteiger partial charge in [0, 0.05) is 23.5 Å². The summed E-state index contributed by atoms with van der Waals surface area (Å²) in [7, 11) is 0. The third-order valence-corrected chi connectivity index (χ3v) is 4.38. The molecule has 0 saturated carbocycles. The molecule has 1 spiro atoms. The average Bonchev–Trinajstić information content (AvgIpc) is 2.78. The molecule has 5 heteroatoms. The fourth-order valence-electron chi connectivity index (χ4n) is 3.21. The predicted octanol–water partition coefficient (Wildman–Crippen LogP) is 2.02. The van der Waals surface area contributed by atoms with Gasteiger partial charge in [-0.25, -0.2) is 0 Å². The second-order valence-corrected chi connectivity index (χ2v) is 5.77. The van der Waals surface area contributed by atoms with Gasteiger partial charge in [0.15, 0.2) is 12.5 Å². The van der Waals surface area contributed by atoms with Gasteiger partial charge in [-0.05, 0) is 24.6 Å². The zero-order valence-electron chi connectivity index (χ0n) is 12.4. The van der Waals surface area contributed by atoms with Crippen LogP contribution in [-0.4, -0.2) is 34.6 Å². The molecule has 0 bridgehead atoms. The molecule has 1 unspecified atom stereocenters. The Morgan fingerprint density at radius 1 is 1.17 bits per heavy atom. The van der Waals surface area contributed by atoms with E-state index in [1.54, 1.807) is 35.4 Å². The molecule has 0 N–H and O–H groups in total. The van der Waals surface area contributed by atoms with Crippen LogP contribution in [0.25, 0.3) is 0 Å². The van der Waals surface area contributed by atoms with Crippen LogP contribution in [0.4, 0.5) is 0 Å². The number of aldehydes is 1. The molecule has 2 aliphatic heterocycles. The number of nitrogens with zero attached hydrogens (tertiary/aromatic N) is 1. The van der Waals surface area contributed by atoms with Crippen LogP contribution in [0.2, 0.25) is 0 Å². The molecule has 4 rings (SSSR count). The highest BCUT2D eigenvalue weighted by Gasteiger charge is 2.59. The summed E-state index contributed by atoms with van der Waals surface area (Å²) in [6.45, 7) is 1.90. The number of carbonyl (C=O) groups is 3. The summed E-state index contributed by atoms with van der Waals surface area (Å²) in [6.07, 6.45) is 6.88. The second-order valence-electron chi connectivity index (χ2n) is 5.77. The average molecular weight is 307 g/mol. The third-order valence-electron chi connectivity index (χ3n) is 4.38. The maximum atomic E-state index is 12.9. The Kier molecular flexibility index (Phi) is 2.77. The number of hydrogen-bond acceptors (Lipinski definition) is 5. The van der Waals surface area contributed by atoms with Crippen molar-refractivity contribution in [1.29, 1.82) is 0 Å². The lowest BCUT2D eigenvalue weighted by Crippen LogP contribution is -2.55. The van der Waals surface area contributed by atoms with Gasteiger partial charge in [-0.1, -0.05) is 24.3 Å². The van der Waals surface area contributed by atoms with Gasteiger partial charge in [0.2, 0.25) is 17.2 Å². The van der Waals surface area contributed by atoms with Crippen molar-refractivity contribution in [1.82, 2.24) is 4.90 Å². The zero-order valence-corrected chi connectivity index (χ0v) is 12.4. The lowest BCUT2D eigenvalue weighted by molar-refractivity contribution is -0.111. The van der Waals surface area contributed by atoms with Crippen molar-refractivity contribution in [3.63, 3.8) is 0 Å². The fraction of sp³-hybridized carbons (Fsp3) is 0.167. The van der Waals surface area contributed by atoms with E-state index in [4.69, 9.17) is 4.74 Å². The Balaban J connectivity index is 1.91. The first-order valence-corrected chi connectivity index (χ1v) is 7.26. The molecule has 3 aliphatic rings. The Hall–Kier alpha value is -2.79. The molecular formula is C18H13NO4. The maximum absolute atomic E-state index is 12.9. The quantitative estimate of drug-likeness (QED) is 0.587. The van der Waals surface area contributed by atoms with E-state index in [1.165, 1.54) is 6.20 Å². The smallest absolute Gasteiger partial charge is 0.225 e. The fourth-order valence-corrected chi connectivity index (χ4v) is 3.21. The van der Waals surface area contributed by atoms with E-state index in [0.29, 0.717) is 17.4 Å². The Morgan fingerprint density at radius 2 is 1.83 bits per heavy atom. The van der Waals surface area contributed by atoms with Crippen LogP contribution in [0.15, 0.2) is 60.0 Å². The number of allylic oxidation sites excluding steroid dienone is 2. The van der Waals surface area contributed by atoms with E-state index in [2.05, 4.69) is 0 Å². The van der Waals surface area contributed by atoms with Crippen molar-refractivity contribution in [2.24, 2.45) is 0 Å². The van der Waals surface area contributed by atoms with Gasteiger partial charge in [-0.2, -0.15) is 0 Å². The predicted molar refractivity (Wildman–Crippen MR) is 81.6 cm³/mol. The number of ether oxygens (including phenoxy) is 1. The first kappa shape index (κ1) is 13.8. The minimum atomic E-state index is -1.87. The number of hydrogen-bond donors (Lipinski definition) is 0. The molecule has 114 valence electrons. The van der Waals surface area contributed by atoms with Crippen LogP contribution < -0.4 is 0 Å². The topological polar surface area (TPSA) is 63.7 Å². The normalized spacial score (nSPS) is 24.2. The van der Waals surface area contributed by atoms with E-state index < -0.39 is 23.4 Å². The van der Waals surface area contributed by atoms with Gasteiger partial charge in [0.1, 0.15) is 0 Å². The summed E-state index contributed by atoms with van der Waals surface area (Å²) in [5.41, 5.74) is -0.289. The number of benzene rings is 1. The molecule has 0 fully saturated rings. The first-order chi connectivity index (χ1) is 11.1. The Labute approximate surface area is 132 Å².